The molecule has 9 heavy (non-hydrogen) atoms. The van der Waals surface area contributed by atoms with Crippen molar-refractivity contribution in [1.29, 1.82) is 0 Å². The van der Waals surface area contributed by atoms with Gasteiger partial charge in [0.15, 0.2) is 0 Å². The average Bonchev–Trinajstić information content (AvgIpc) is 1.33. The third-order valence-corrected chi connectivity index (χ3v) is 0. The fraction of sp³-hybridized carbons (Fsp3) is 0.500. The summed E-state index contributed by atoms with van der Waals surface area (Å²) in [6.07, 6.45) is 1.00. The predicted molar refractivity (Wildman–Crippen MR) is 37.0 cm³/mol. The Morgan fingerprint density at radius 1 is 1.56 bits per heavy atom. The van der Waals surface area contributed by atoms with E-state index in [9.17, 15) is 4.79 Å². The van der Waals surface area contributed by atoms with Crippen molar-refractivity contribution in [3.8, 4) is 0 Å². The minimum absolute atomic E-state index is 0. The Hall–Kier alpha value is 0.214. The zero-order valence-electron chi connectivity index (χ0n) is 6.11. The van der Waals surface area contributed by atoms with Crippen LogP contribution in [0.4, 0.5) is 0 Å². The minimum Gasteiger partial charge on any atom is -0.693 e. The van der Waals surface area contributed by atoms with Crippen LogP contribution < -0.4 is 0 Å². The first kappa shape index (κ1) is 22.9. The molecular weight excluding hydrogens is 150 g/mol. The monoisotopic (exact) mass is 164 g/mol. The first-order valence-corrected chi connectivity index (χ1v) is 2.26. The second-order valence-electron chi connectivity index (χ2n) is 1.20. The molecule has 1 radical (unpaired) electrons. The zero-order chi connectivity index (χ0) is 6.28. The van der Waals surface area contributed by atoms with Crippen LogP contribution in [-0.4, -0.2) is 5.78 Å². The smallest absolute Gasteiger partial charge is 0.693 e. The molecule has 0 saturated heterocycles. The molecule has 0 fully saturated rings. The third kappa shape index (κ3) is 6910. The van der Waals surface area contributed by atoms with Gasteiger partial charge in [-0.3, -0.25) is 0 Å². The maximum atomic E-state index is 9.33. The molecule has 0 aliphatic carbocycles. The summed E-state index contributed by atoms with van der Waals surface area (Å²) < 4.78 is 0. The van der Waals surface area contributed by atoms with Gasteiger partial charge in [0.05, 0.1) is 0 Å². The summed E-state index contributed by atoms with van der Waals surface area (Å²) in [5.74, 6) is -0.0833. The quantitative estimate of drug-likeness (QED) is 0.400. The van der Waals surface area contributed by atoms with Crippen molar-refractivity contribution < 1.29 is 26.5 Å². The van der Waals surface area contributed by atoms with E-state index in [1.807, 2.05) is 6.92 Å². The van der Waals surface area contributed by atoms with Crippen LogP contribution in [0, 0.1) is 13.8 Å². The Balaban J connectivity index is -0.0000000233. The van der Waals surface area contributed by atoms with Gasteiger partial charge in [0.2, 0.25) is 0 Å². The molecular formula is C6H14NOTi. The van der Waals surface area contributed by atoms with Crippen molar-refractivity contribution in [3.63, 3.8) is 0 Å². The van der Waals surface area contributed by atoms with Crippen molar-refractivity contribution >= 4 is 5.78 Å². The maximum absolute atomic E-state index is 9.33. The first-order valence-electron chi connectivity index (χ1n) is 2.26. The van der Waals surface area contributed by atoms with E-state index in [4.69, 9.17) is 0 Å². The van der Waals surface area contributed by atoms with Gasteiger partial charge in [-0.15, -0.1) is 0 Å². The van der Waals surface area contributed by atoms with Crippen LogP contribution in [0.1, 0.15) is 20.3 Å². The number of carbonyl (C=O) groups is 1. The van der Waals surface area contributed by atoms with Crippen LogP contribution in [0.15, 0.2) is 0 Å². The number of hydrogen-bond acceptors (Lipinski definition) is 1. The molecule has 0 aromatic heterocycles. The van der Waals surface area contributed by atoms with Gasteiger partial charge in [0.25, 0.3) is 0 Å². The van der Waals surface area contributed by atoms with E-state index in [0.717, 1.165) is 6.42 Å². The van der Waals surface area contributed by atoms with Gasteiger partial charge in [0, 0.05) is 0 Å². The van der Waals surface area contributed by atoms with E-state index >= 15 is 0 Å². The Bertz CT molecular complexity index is 44.3. The van der Waals surface area contributed by atoms with Crippen molar-refractivity contribution in [2.24, 2.45) is 0 Å². The maximum Gasteiger partial charge on any atom is 3.00 e. The number of rotatable bonds is 0. The molecule has 0 saturated carbocycles. The van der Waals surface area contributed by atoms with Gasteiger partial charge >= 0.3 is 21.7 Å². The number of ketones is 1. The van der Waals surface area contributed by atoms with Gasteiger partial charge < -0.3 is 24.8 Å². The molecule has 0 aromatic rings. The van der Waals surface area contributed by atoms with Gasteiger partial charge in [-0.05, 0) is 12.7 Å². The Kier molecular flexibility index (Phi) is 61.2. The largest absolute Gasteiger partial charge is 3.00 e. The first-order chi connectivity index (χ1) is 3.15. The Morgan fingerprint density at radius 2 is 1.56 bits per heavy atom. The summed E-state index contributed by atoms with van der Waals surface area (Å²) in [6.45, 7) is 9.92. The summed E-state index contributed by atoms with van der Waals surface area (Å²) in [5.41, 5.74) is 0. The summed E-state index contributed by atoms with van der Waals surface area (Å²) in [4.78, 5) is 9.33. The fourth-order valence-electron chi connectivity index (χ4n) is 0. The van der Waals surface area contributed by atoms with Crippen LogP contribution in [0.3, 0.4) is 0 Å². The number of hydrogen-bond donors (Lipinski definition) is 0. The van der Waals surface area contributed by atoms with Gasteiger partial charge in [-0.2, -0.15) is 6.42 Å². The molecule has 0 heterocycles. The van der Waals surface area contributed by atoms with E-state index < -0.39 is 0 Å². The molecule has 3 heteroatoms. The standard InChI is InChI=1S/C3H5O.C3H7.H2N.Ti/c1-3(2)4;1-3-2;;/h1H2,2H3;1,3H2,2H3;1H2;/q3*-1;+3. The Morgan fingerprint density at radius 3 is 1.56 bits per heavy atom. The minimum atomic E-state index is -0.0833. The predicted octanol–water partition coefficient (Wildman–Crippen LogP) is 2.35. The topological polar surface area (TPSA) is 50.6 Å². The molecule has 0 atom stereocenters. The van der Waals surface area contributed by atoms with Gasteiger partial charge in [-0.25, -0.2) is 0 Å². The third-order valence-electron chi connectivity index (χ3n) is 0. The van der Waals surface area contributed by atoms with Crippen LogP contribution in [-0.2, 0) is 26.5 Å². The summed E-state index contributed by atoms with van der Waals surface area (Å²) in [6, 6.07) is 0. The van der Waals surface area contributed by atoms with E-state index in [1.54, 1.807) is 0 Å². The molecule has 0 bridgehead atoms. The normalized spacial score (nSPS) is 4.78. The van der Waals surface area contributed by atoms with Crippen LogP contribution in [0.25, 0.3) is 6.15 Å². The second kappa shape index (κ2) is 24.1. The van der Waals surface area contributed by atoms with Crippen molar-refractivity contribution in [2.75, 3.05) is 0 Å². The van der Waals surface area contributed by atoms with E-state index in [1.165, 1.54) is 6.92 Å². The summed E-state index contributed by atoms with van der Waals surface area (Å²) in [7, 11) is 0. The van der Waals surface area contributed by atoms with E-state index in [-0.39, 0.29) is 33.7 Å². The zero-order valence-corrected chi connectivity index (χ0v) is 7.67. The van der Waals surface area contributed by atoms with Crippen molar-refractivity contribution in [1.82, 2.24) is 0 Å². The molecule has 0 aromatic carbocycles. The average molecular weight is 164 g/mol. The SMILES string of the molecule is [CH2-]C(C)=O.[CH2-]CC.[NH2-].[Ti+3]. The number of carbonyl (C=O) groups excluding carboxylic acids is 1. The van der Waals surface area contributed by atoms with E-state index in [0.29, 0.717) is 0 Å². The molecule has 53 valence electrons. The molecule has 0 rings (SSSR count). The van der Waals surface area contributed by atoms with E-state index in [2.05, 4.69) is 13.8 Å². The summed E-state index contributed by atoms with van der Waals surface area (Å²) >= 11 is 0. The van der Waals surface area contributed by atoms with Crippen LogP contribution in [0.2, 0.25) is 0 Å². The molecule has 0 unspecified atom stereocenters. The van der Waals surface area contributed by atoms with Crippen molar-refractivity contribution in [3.05, 3.63) is 20.0 Å². The molecule has 0 aliphatic heterocycles. The van der Waals surface area contributed by atoms with Crippen LogP contribution in [0.5, 0.6) is 0 Å². The molecule has 2 nitrogen and oxygen atoms in total. The second-order valence-corrected chi connectivity index (χ2v) is 1.20. The Labute approximate surface area is 72.9 Å². The summed E-state index contributed by atoms with van der Waals surface area (Å²) in [5, 5.41) is 0. The van der Waals surface area contributed by atoms with Crippen molar-refractivity contribution in [2.45, 2.75) is 20.3 Å². The number of nitrogens with two attached hydrogens (primary N) is 1. The molecule has 0 amide bonds. The molecule has 0 spiro atoms. The fourth-order valence-corrected chi connectivity index (χ4v) is 0. The van der Waals surface area contributed by atoms with Crippen LogP contribution >= 0.6 is 0 Å². The van der Waals surface area contributed by atoms with Gasteiger partial charge in [0.1, 0.15) is 0 Å². The van der Waals surface area contributed by atoms with Gasteiger partial charge in [-0.1, -0.05) is 6.92 Å². The number of Topliss-reactive ketones (excluding diaryl/α,β-unsaturated/α-hetero) is 1. The molecule has 0 aliphatic rings. The molecule has 2 N–H and O–H groups in total.